The quantitative estimate of drug-likeness (QED) is 0.341. The summed E-state index contributed by atoms with van der Waals surface area (Å²) in [6.07, 6.45) is 0.772. The molecule has 0 aliphatic carbocycles. The summed E-state index contributed by atoms with van der Waals surface area (Å²) in [5, 5.41) is 7.39. The highest BCUT2D eigenvalue weighted by molar-refractivity contribution is 7.22. The zero-order valence-corrected chi connectivity index (χ0v) is 18.6. The molecule has 0 saturated heterocycles. The number of thiophene rings is 1. The molecule has 5 rings (SSSR count). The number of nitrogens with zero attached hydrogens (tertiary/aromatic N) is 1. The second-order valence-corrected chi connectivity index (χ2v) is 9.14. The lowest BCUT2D eigenvalue weighted by Crippen LogP contribution is -2.25. The fourth-order valence-corrected chi connectivity index (χ4v) is 5.59. The van der Waals surface area contributed by atoms with Crippen LogP contribution in [-0.2, 0) is 6.42 Å². The van der Waals surface area contributed by atoms with E-state index in [-0.39, 0.29) is 5.91 Å². The standard InChI is InChI=1S/C25H20N2O2S2/c1-29-18-9-6-16(7-10-18)12-13-26-24(28)17-8-11-21-23(14-17)31-25(27-21)20-15-30-22-5-3-2-4-19(20)22/h2-11,14-15H,12-13H2,1H3,(H,26,28). The van der Waals surface area contributed by atoms with E-state index in [1.807, 2.05) is 42.5 Å². The fraction of sp³-hybridized carbons (Fsp3) is 0.120. The van der Waals surface area contributed by atoms with Crippen LogP contribution >= 0.6 is 22.7 Å². The number of hydrogen-bond donors (Lipinski definition) is 1. The van der Waals surface area contributed by atoms with Crippen molar-refractivity contribution in [3.8, 4) is 16.3 Å². The van der Waals surface area contributed by atoms with Gasteiger partial charge in [-0.25, -0.2) is 4.98 Å². The summed E-state index contributed by atoms with van der Waals surface area (Å²) in [5.74, 6) is 0.770. The van der Waals surface area contributed by atoms with Gasteiger partial charge >= 0.3 is 0 Å². The molecule has 0 saturated carbocycles. The Bertz CT molecular complexity index is 1370. The van der Waals surface area contributed by atoms with Gasteiger partial charge in [-0.05, 0) is 48.4 Å². The summed E-state index contributed by atoms with van der Waals surface area (Å²) in [6, 6.07) is 22.0. The van der Waals surface area contributed by atoms with E-state index in [2.05, 4.69) is 35.0 Å². The molecule has 4 nitrogen and oxygen atoms in total. The number of methoxy groups -OCH3 is 1. The predicted octanol–water partition coefficient (Wildman–Crippen LogP) is 6.16. The number of carbonyl (C=O) groups excluding carboxylic acids is 1. The van der Waals surface area contributed by atoms with Gasteiger partial charge in [-0.3, -0.25) is 4.79 Å². The van der Waals surface area contributed by atoms with Crippen molar-refractivity contribution in [2.24, 2.45) is 0 Å². The van der Waals surface area contributed by atoms with Crippen molar-refractivity contribution in [2.45, 2.75) is 6.42 Å². The largest absolute Gasteiger partial charge is 0.497 e. The number of rotatable bonds is 6. The van der Waals surface area contributed by atoms with Gasteiger partial charge in [0.1, 0.15) is 10.8 Å². The van der Waals surface area contributed by atoms with Gasteiger partial charge in [-0.15, -0.1) is 22.7 Å². The topological polar surface area (TPSA) is 51.2 Å². The minimum Gasteiger partial charge on any atom is -0.497 e. The molecule has 2 aromatic heterocycles. The molecule has 0 unspecified atom stereocenters. The van der Waals surface area contributed by atoms with Crippen LogP contribution in [0.15, 0.2) is 72.1 Å². The zero-order valence-electron chi connectivity index (χ0n) is 16.9. The molecule has 0 radical (unpaired) electrons. The summed E-state index contributed by atoms with van der Waals surface area (Å²) in [5.41, 5.74) is 3.90. The fourth-order valence-electron chi connectivity index (χ4n) is 3.54. The predicted molar refractivity (Wildman–Crippen MR) is 129 cm³/mol. The van der Waals surface area contributed by atoms with Crippen molar-refractivity contribution < 1.29 is 9.53 Å². The highest BCUT2D eigenvalue weighted by Crippen LogP contribution is 2.38. The van der Waals surface area contributed by atoms with Gasteiger partial charge in [0.2, 0.25) is 0 Å². The Morgan fingerprint density at radius 3 is 2.71 bits per heavy atom. The molecule has 2 heterocycles. The molecular formula is C25H20N2O2S2. The molecule has 5 aromatic rings. The van der Waals surface area contributed by atoms with Crippen molar-refractivity contribution in [2.75, 3.05) is 13.7 Å². The normalized spacial score (nSPS) is 11.1. The molecule has 6 heteroatoms. The van der Waals surface area contributed by atoms with Crippen LogP contribution in [0.25, 0.3) is 30.9 Å². The highest BCUT2D eigenvalue weighted by atomic mass is 32.1. The van der Waals surface area contributed by atoms with Gasteiger partial charge in [-0.1, -0.05) is 30.3 Å². The van der Waals surface area contributed by atoms with Crippen molar-refractivity contribution >= 4 is 48.9 Å². The lowest BCUT2D eigenvalue weighted by Gasteiger charge is -2.06. The number of thiazole rings is 1. The van der Waals surface area contributed by atoms with E-state index < -0.39 is 0 Å². The molecule has 0 fully saturated rings. The van der Waals surface area contributed by atoms with Crippen LogP contribution < -0.4 is 10.1 Å². The zero-order chi connectivity index (χ0) is 21.2. The molecule has 0 aliphatic rings. The molecule has 1 N–H and O–H groups in total. The van der Waals surface area contributed by atoms with Crippen LogP contribution in [0, 0.1) is 0 Å². The molecule has 3 aromatic carbocycles. The molecule has 154 valence electrons. The van der Waals surface area contributed by atoms with E-state index in [1.165, 1.54) is 10.1 Å². The van der Waals surface area contributed by atoms with Crippen LogP contribution in [-0.4, -0.2) is 24.5 Å². The summed E-state index contributed by atoms with van der Waals surface area (Å²) >= 11 is 3.36. The number of carbonyl (C=O) groups is 1. The van der Waals surface area contributed by atoms with E-state index in [9.17, 15) is 4.79 Å². The second kappa shape index (κ2) is 8.49. The summed E-state index contributed by atoms with van der Waals surface area (Å²) in [7, 11) is 1.65. The number of fused-ring (bicyclic) bond motifs is 2. The third-order valence-corrected chi connectivity index (χ3v) is 7.24. The Balaban J connectivity index is 1.30. The molecule has 0 spiro atoms. The first-order valence-corrected chi connectivity index (χ1v) is 11.7. The Kier molecular flexibility index (Phi) is 5.40. The summed E-state index contributed by atoms with van der Waals surface area (Å²) in [4.78, 5) is 17.4. The monoisotopic (exact) mass is 444 g/mol. The summed E-state index contributed by atoms with van der Waals surface area (Å²) < 4.78 is 7.46. The Hall–Kier alpha value is -3.22. The Labute approximate surface area is 188 Å². The SMILES string of the molecule is COc1ccc(CCNC(=O)c2ccc3nc(-c4csc5ccccc45)sc3c2)cc1. The Morgan fingerprint density at radius 2 is 1.87 bits per heavy atom. The number of nitrogens with one attached hydrogen (secondary N) is 1. The van der Waals surface area contributed by atoms with E-state index in [4.69, 9.17) is 9.72 Å². The lowest BCUT2D eigenvalue weighted by atomic mass is 10.1. The smallest absolute Gasteiger partial charge is 0.251 e. The first-order valence-electron chi connectivity index (χ1n) is 9.99. The molecule has 31 heavy (non-hydrogen) atoms. The number of amides is 1. The van der Waals surface area contributed by atoms with E-state index in [0.717, 1.165) is 38.5 Å². The Morgan fingerprint density at radius 1 is 1.03 bits per heavy atom. The van der Waals surface area contributed by atoms with Crippen molar-refractivity contribution in [3.63, 3.8) is 0 Å². The average Bonchev–Trinajstić information content (AvgIpc) is 3.42. The maximum atomic E-state index is 12.6. The van der Waals surface area contributed by atoms with Crippen LogP contribution in [0.1, 0.15) is 15.9 Å². The van der Waals surface area contributed by atoms with Crippen molar-refractivity contribution in [3.05, 3.63) is 83.2 Å². The summed E-state index contributed by atoms with van der Waals surface area (Å²) in [6.45, 7) is 0.581. The van der Waals surface area contributed by atoms with Gasteiger partial charge in [0, 0.05) is 33.1 Å². The molecular weight excluding hydrogens is 424 g/mol. The number of benzene rings is 3. The van der Waals surface area contributed by atoms with Crippen LogP contribution in [0.5, 0.6) is 5.75 Å². The van der Waals surface area contributed by atoms with Gasteiger partial charge in [0.15, 0.2) is 0 Å². The van der Waals surface area contributed by atoms with E-state index in [1.54, 1.807) is 29.8 Å². The third kappa shape index (κ3) is 4.04. The third-order valence-electron chi connectivity index (χ3n) is 5.22. The molecule has 0 aliphatic heterocycles. The minimum atomic E-state index is -0.0636. The molecule has 0 bridgehead atoms. The lowest BCUT2D eigenvalue weighted by molar-refractivity contribution is 0.0954. The first kappa shape index (κ1) is 19.7. The molecule has 0 atom stereocenters. The van der Waals surface area contributed by atoms with Crippen LogP contribution in [0.3, 0.4) is 0 Å². The maximum Gasteiger partial charge on any atom is 0.251 e. The van der Waals surface area contributed by atoms with Gasteiger partial charge in [-0.2, -0.15) is 0 Å². The number of ether oxygens (including phenoxy) is 1. The van der Waals surface area contributed by atoms with Crippen molar-refractivity contribution in [1.82, 2.24) is 10.3 Å². The molecule has 1 amide bonds. The second-order valence-electron chi connectivity index (χ2n) is 7.20. The van der Waals surface area contributed by atoms with Gasteiger partial charge < -0.3 is 10.1 Å². The average molecular weight is 445 g/mol. The van der Waals surface area contributed by atoms with Crippen molar-refractivity contribution in [1.29, 1.82) is 0 Å². The van der Waals surface area contributed by atoms with Crippen LogP contribution in [0.2, 0.25) is 0 Å². The van der Waals surface area contributed by atoms with Gasteiger partial charge in [0.05, 0.1) is 17.3 Å². The number of hydrogen-bond acceptors (Lipinski definition) is 5. The first-order chi connectivity index (χ1) is 15.2. The number of aromatic nitrogens is 1. The maximum absolute atomic E-state index is 12.6. The minimum absolute atomic E-state index is 0.0636. The van der Waals surface area contributed by atoms with Gasteiger partial charge in [0.25, 0.3) is 5.91 Å². The van der Waals surface area contributed by atoms with Crippen LogP contribution in [0.4, 0.5) is 0 Å². The van der Waals surface area contributed by atoms with E-state index >= 15 is 0 Å². The van der Waals surface area contributed by atoms with E-state index in [0.29, 0.717) is 12.1 Å². The highest BCUT2D eigenvalue weighted by Gasteiger charge is 2.13.